The summed E-state index contributed by atoms with van der Waals surface area (Å²) in [6.07, 6.45) is 9.46. The molecule has 0 aliphatic rings. The van der Waals surface area contributed by atoms with E-state index < -0.39 is 11.9 Å². The zero-order chi connectivity index (χ0) is 15.9. The highest BCUT2D eigenvalue weighted by Gasteiger charge is 2.08. The highest BCUT2D eigenvalue weighted by Crippen LogP contribution is 2.08. The number of carbonyl (C=O) groups is 2. The lowest BCUT2D eigenvalue weighted by Gasteiger charge is -2.06. The van der Waals surface area contributed by atoms with Gasteiger partial charge in [-0.15, -0.1) is 0 Å². The Kier molecular flexibility index (Phi) is 12.7. The zero-order valence-electron chi connectivity index (χ0n) is 13.4. The Balaban J connectivity index is 3.37. The number of hydrogen-bond acceptors (Lipinski definition) is 5. The van der Waals surface area contributed by atoms with E-state index in [-0.39, 0.29) is 18.7 Å². The van der Waals surface area contributed by atoms with Gasteiger partial charge in [-0.05, 0) is 6.42 Å². The van der Waals surface area contributed by atoms with Crippen LogP contribution in [-0.4, -0.2) is 30.9 Å². The summed E-state index contributed by atoms with van der Waals surface area (Å²) >= 11 is 0. The van der Waals surface area contributed by atoms with E-state index in [1.54, 1.807) is 0 Å². The first-order valence-electron chi connectivity index (χ1n) is 7.91. The monoisotopic (exact) mass is 299 g/mol. The van der Waals surface area contributed by atoms with Gasteiger partial charge < -0.3 is 14.9 Å². The van der Waals surface area contributed by atoms with Crippen LogP contribution < -0.4 is 0 Å². The molecule has 0 fully saturated rings. The van der Waals surface area contributed by atoms with Crippen LogP contribution in [0.2, 0.25) is 0 Å². The van der Waals surface area contributed by atoms with Crippen molar-refractivity contribution in [3.05, 3.63) is 0 Å². The Hall–Kier alpha value is -1.39. The third kappa shape index (κ3) is 14.8. The molecule has 0 aromatic carbocycles. The highest BCUT2D eigenvalue weighted by molar-refractivity contribution is 5.98. The predicted molar refractivity (Wildman–Crippen MR) is 82.5 cm³/mol. The van der Waals surface area contributed by atoms with Gasteiger partial charge >= 0.3 is 11.9 Å². The lowest BCUT2D eigenvalue weighted by molar-refractivity contribution is -0.143. The van der Waals surface area contributed by atoms with Crippen molar-refractivity contribution in [3.63, 3.8) is 0 Å². The van der Waals surface area contributed by atoms with Crippen LogP contribution in [0.1, 0.15) is 71.6 Å². The number of nitrogens with one attached hydrogen (secondary N) is 1. The normalized spacial score (nSPS) is 10.2. The number of ether oxygens (including phenoxy) is 2. The molecule has 0 aromatic rings. The smallest absolute Gasteiger partial charge is 0.311 e. The average molecular weight is 299 g/mol. The molecule has 0 amide bonds. The van der Waals surface area contributed by atoms with Crippen molar-refractivity contribution in [3.8, 4) is 0 Å². The van der Waals surface area contributed by atoms with Crippen LogP contribution in [0, 0.1) is 5.41 Å². The largest absolute Gasteiger partial charge is 0.465 e. The van der Waals surface area contributed by atoms with Gasteiger partial charge in [0.15, 0.2) is 0 Å². The number of unbranched alkanes of at least 4 members (excludes halogenated alkanes) is 7. The van der Waals surface area contributed by atoms with Crippen molar-refractivity contribution in [2.75, 3.05) is 13.2 Å². The lowest BCUT2D eigenvalue weighted by atomic mass is 10.1. The van der Waals surface area contributed by atoms with Gasteiger partial charge in [0.2, 0.25) is 0 Å². The first-order valence-corrected chi connectivity index (χ1v) is 7.91. The third-order valence-electron chi connectivity index (χ3n) is 3.07. The molecule has 0 radical (unpaired) electrons. The minimum absolute atomic E-state index is 0.0612. The fourth-order valence-corrected chi connectivity index (χ4v) is 1.89. The molecule has 0 rings (SSSR count). The molecule has 5 heteroatoms. The second-order valence-corrected chi connectivity index (χ2v) is 5.26. The molecular formula is C16H29NO4. The lowest BCUT2D eigenvalue weighted by Crippen LogP contribution is -2.17. The Morgan fingerprint density at radius 2 is 1.48 bits per heavy atom. The van der Waals surface area contributed by atoms with E-state index in [0.29, 0.717) is 6.61 Å². The SMILES string of the molecule is CCCCCCCCCCOC(=O)CC(=N)COC(C)=O. The van der Waals surface area contributed by atoms with Crippen molar-refractivity contribution in [1.29, 1.82) is 5.41 Å². The summed E-state index contributed by atoms with van der Waals surface area (Å²) in [7, 11) is 0. The van der Waals surface area contributed by atoms with Crippen LogP contribution in [0.5, 0.6) is 0 Å². The quantitative estimate of drug-likeness (QED) is 0.320. The van der Waals surface area contributed by atoms with Gasteiger partial charge in [-0.3, -0.25) is 9.59 Å². The summed E-state index contributed by atoms with van der Waals surface area (Å²) in [5.74, 6) is -0.873. The molecule has 0 atom stereocenters. The maximum Gasteiger partial charge on any atom is 0.311 e. The van der Waals surface area contributed by atoms with Crippen LogP contribution in [0.25, 0.3) is 0 Å². The van der Waals surface area contributed by atoms with E-state index in [0.717, 1.165) is 12.8 Å². The van der Waals surface area contributed by atoms with Crippen molar-refractivity contribution in [2.24, 2.45) is 0 Å². The molecule has 0 saturated carbocycles. The average Bonchev–Trinajstić information content (AvgIpc) is 2.43. The van der Waals surface area contributed by atoms with E-state index in [2.05, 4.69) is 11.7 Å². The van der Waals surface area contributed by atoms with E-state index in [1.807, 2.05) is 0 Å². The molecule has 5 nitrogen and oxygen atoms in total. The maximum absolute atomic E-state index is 11.4. The Morgan fingerprint density at radius 3 is 2.05 bits per heavy atom. The van der Waals surface area contributed by atoms with Crippen LogP contribution in [0.3, 0.4) is 0 Å². The van der Waals surface area contributed by atoms with Crippen LogP contribution in [0.15, 0.2) is 0 Å². The molecular weight excluding hydrogens is 270 g/mol. The summed E-state index contributed by atoms with van der Waals surface area (Å²) in [4.78, 5) is 22.0. The summed E-state index contributed by atoms with van der Waals surface area (Å²) in [6.45, 7) is 3.75. The van der Waals surface area contributed by atoms with E-state index in [4.69, 9.17) is 10.1 Å². The molecule has 0 aliphatic carbocycles. The Morgan fingerprint density at radius 1 is 0.905 bits per heavy atom. The summed E-state index contributed by atoms with van der Waals surface area (Å²) in [5.41, 5.74) is 0.0612. The summed E-state index contributed by atoms with van der Waals surface area (Å²) < 4.78 is 9.68. The molecule has 122 valence electrons. The van der Waals surface area contributed by atoms with E-state index in [9.17, 15) is 9.59 Å². The van der Waals surface area contributed by atoms with E-state index >= 15 is 0 Å². The van der Waals surface area contributed by atoms with Crippen molar-refractivity contribution in [1.82, 2.24) is 0 Å². The van der Waals surface area contributed by atoms with Crippen LogP contribution in [-0.2, 0) is 19.1 Å². The summed E-state index contributed by atoms with van der Waals surface area (Å²) in [6, 6.07) is 0. The molecule has 0 spiro atoms. The number of esters is 2. The first kappa shape index (κ1) is 19.6. The van der Waals surface area contributed by atoms with Crippen LogP contribution >= 0.6 is 0 Å². The maximum atomic E-state index is 11.4. The summed E-state index contributed by atoms with van der Waals surface area (Å²) in [5, 5.41) is 7.46. The fraction of sp³-hybridized carbons (Fsp3) is 0.812. The molecule has 0 saturated heterocycles. The molecule has 21 heavy (non-hydrogen) atoms. The molecule has 0 heterocycles. The Labute approximate surface area is 127 Å². The molecule has 1 N–H and O–H groups in total. The molecule has 0 bridgehead atoms. The van der Waals surface area contributed by atoms with Gasteiger partial charge in [0.1, 0.15) is 6.61 Å². The fourth-order valence-electron chi connectivity index (χ4n) is 1.89. The second-order valence-electron chi connectivity index (χ2n) is 5.26. The standard InChI is InChI=1S/C16H29NO4/c1-3-4-5-6-7-8-9-10-11-20-16(19)12-15(17)13-21-14(2)18/h17H,3-13H2,1-2H3. The van der Waals surface area contributed by atoms with Gasteiger partial charge in [0.25, 0.3) is 0 Å². The van der Waals surface area contributed by atoms with Gasteiger partial charge in [-0.2, -0.15) is 0 Å². The molecule has 0 aromatic heterocycles. The van der Waals surface area contributed by atoms with E-state index in [1.165, 1.54) is 45.4 Å². The van der Waals surface area contributed by atoms with Crippen LogP contribution in [0.4, 0.5) is 0 Å². The van der Waals surface area contributed by atoms with Gasteiger partial charge in [0, 0.05) is 6.92 Å². The highest BCUT2D eigenvalue weighted by atomic mass is 16.5. The first-order chi connectivity index (χ1) is 10.1. The second kappa shape index (κ2) is 13.6. The van der Waals surface area contributed by atoms with Gasteiger partial charge in [-0.1, -0.05) is 51.9 Å². The van der Waals surface area contributed by atoms with Crippen molar-refractivity contribution >= 4 is 17.7 Å². The van der Waals surface area contributed by atoms with Gasteiger partial charge in [-0.25, -0.2) is 0 Å². The minimum Gasteiger partial charge on any atom is -0.465 e. The van der Waals surface area contributed by atoms with Gasteiger partial charge in [0.05, 0.1) is 18.7 Å². The van der Waals surface area contributed by atoms with Crippen molar-refractivity contribution < 1.29 is 19.1 Å². The molecule has 0 aliphatic heterocycles. The number of hydrogen-bond donors (Lipinski definition) is 1. The number of carbonyl (C=O) groups excluding carboxylic acids is 2. The number of rotatable bonds is 13. The third-order valence-corrected chi connectivity index (χ3v) is 3.07. The van der Waals surface area contributed by atoms with Crippen molar-refractivity contribution in [2.45, 2.75) is 71.6 Å². The zero-order valence-corrected chi connectivity index (χ0v) is 13.4. The Bertz CT molecular complexity index is 315. The topological polar surface area (TPSA) is 76.5 Å². The minimum atomic E-state index is -0.452. The predicted octanol–water partition coefficient (Wildman–Crippen LogP) is 3.64. The molecule has 0 unspecified atom stereocenters.